The van der Waals surface area contributed by atoms with Crippen LogP contribution in [0.2, 0.25) is 0 Å². The Hall–Kier alpha value is -3.87. The predicted octanol–water partition coefficient (Wildman–Crippen LogP) is 5.17. The molecule has 4 aromatic carbocycles. The van der Waals surface area contributed by atoms with Crippen molar-refractivity contribution in [2.24, 2.45) is 0 Å². The van der Waals surface area contributed by atoms with Crippen molar-refractivity contribution in [2.45, 2.75) is 25.0 Å². The summed E-state index contributed by atoms with van der Waals surface area (Å²) in [5.74, 6) is 0.451. The number of rotatable bonds is 8. The fraction of sp³-hybridized carbons (Fsp3) is 0.233. The lowest BCUT2D eigenvalue weighted by atomic mass is 9.96. The van der Waals surface area contributed by atoms with Crippen LogP contribution in [0.5, 0.6) is 5.75 Å². The van der Waals surface area contributed by atoms with E-state index in [9.17, 15) is 15.0 Å². The Morgan fingerprint density at radius 1 is 0.889 bits per heavy atom. The molecule has 0 saturated heterocycles. The summed E-state index contributed by atoms with van der Waals surface area (Å²) in [6.07, 6.45) is -3.16. The zero-order chi connectivity index (χ0) is 25.1. The van der Waals surface area contributed by atoms with Gasteiger partial charge in [0.25, 0.3) is 0 Å². The van der Waals surface area contributed by atoms with E-state index >= 15 is 0 Å². The average molecular weight is 484 g/mol. The number of carbonyl (C=O) groups is 1. The first-order valence-corrected chi connectivity index (χ1v) is 12.2. The number of amides is 1. The SMILES string of the molecule is CCOc1ccc2ccccc2c1C(O)C(O)CNC(=O)OCC1c2ccccc2-c2ccccc21. The molecule has 184 valence electrons. The molecule has 0 radical (unpaired) electrons. The first-order valence-electron chi connectivity index (χ1n) is 12.2. The van der Waals surface area contributed by atoms with Gasteiger partial charge in [-0.15, -0.1) is 0 Å². The first-order chi connectivity index (χ1) is 17.6. The smallest absolute Gasteiger partial charge is 0.407 e. The fourth-order valence-electron chi connectivity index (χ4n) is 5.00. The molecule has 0 saturated carbocycles. The van der Waals surface area contributed by atoms with E-state index in [2.05, 4.69) is 29.6 Å². The van der Waals surface area contributed by atoms with Crippen LogP contribution in [0.3, 0.4) is 0 Å². The minimum Gasteiger partial charge on any atom is -0.493 e. The lowest BCUT2D eigenvalue weighted by molar-refractivity contribution is 0.0179. The van der Waals surface area contributed by atoms with E-state index in [1.54, 1.807) is 6.07 Å². The lowest BCUT2D eigenvalue weighted by Crippen LogP contribution is -2.36. The summed E-state index contributed by atoms with van der Waals surface area (Å²) in [6.45, 7) is 2.29. The molecule has 2 unspecified atom stereocenters. The Morgan fingerprint density at radius 2 is 1.53 bits per heavy atom. The molecule has 0 bridgehead atoms. The molecule has 6 heteroatoms. The van der Waals surface area contributed by atoms with E-state index in [0.717, 1.165) is 33.0 Å². The number of aliphatic hydroxyl groups is 2. The van der Waals surface area contributed by atoms with Crippen molar-refractivity contribution < 1.29 is 24.5 Å². The molecule has 0 heterocycles. The number of nitrogens with one attached hydrogen (secondary N) is 1. The maximum Gasteiger partial charge on any atom is 0.407 e. The number of carbonyl (C=O) groups excluding carboxylic acids is 1. The number of alkyl carbamates (subject to hydrolysis) is 1. The van der Waals surface area contributed by atoms with Crippen LogP contribution in [0.15, 0.2) is 84.9 Å². The highest BCUT2D eigenvalue weighted by molar-refractivity contribution is 5.88. The quantitative estimate of drug-likeness (QED) is 0.322. The topological polar surface area (TPSA) is 88.0 Å². The fourth-order valence-corrected chi connectivity index (χ4v) is 5.00. The minimum absolute atomic E-state index is 0.0527. The molecule has 6 nitrogen and oxygen atoms in total. The van der Waals surface area contributed by atoms with Crippen molar-refractivity contribution in [2.75, 3.05) is 19.8 Å². The summed E-state index contributed by atoms with van der Waals surface area (Å²) >= 11 is 0. The van der Waals surface area contributed by atoms with Crippen LogP contribution in [0, 0.1) is 0 Å². The number of ether oxygens (including phenoxy) is 2. The second kappa shape index (κ2) is 10.4. The van der Waals surface area contributed by atoms with Gasteiger partial charge in [-0.1, -0.05) is 78.9 Å². The minimum atomic E-state index is -1.26. The second-order valence-corrected chi connectivity index (χ2v) is 8.85. The number of aliphatic hydroxyl groups excluding tert-OH is 2. The Bertz CT molecular complexity index is 1340. The predicted molar refractivity (Wildman–Crippen MR) is 139 cm³/mol. The normalized spacial score (nSPS) is 14.1. The summed E-state index contributed by atoms with van der Waals surface area (Å²) in [6, 6.07) is 27.5. The third kappa shape index (κ3) is 4.53. The molecule has 5 rings (SSSR count). The molecule has 0 fully saturated rings. The molecule has 0 aromatic heterocycles. The van der Waals surface area contributed by atoms with Crippen LogP contribution in [0.25, 0.3) is 21.9 Å². The molecule has 2 atom stereocenters. The Labute approximate surface area is 210 Å². The molecule has 1 aliphatic rings. The number of hydrogen-bond acceptors (Lipinski definition) is 5. The monoisotopic (exact) mass is 483 g/mol. The summed E-state index contributed by atoms with van der Waals surface area (Å²) in [4.78, 5) is 12.5. The van der Waals surface area contributed by atoms with Gasteiger partial charge in [0.2, 0.25) is 0 Å². The third-order valence-electron chi connectivity index (χ3n) is 6.69. The molecular formula is C30H29NO5. The molecule has 3 N–H and O–H groups in total. The second-order valence-electron chi connectivity index (χ2n) is 8.85. The molecular weight excluding hydrogens is 454 g/mol. The van der Waals surface area contributed by atoms with Crippen LogP contribution in [0.1, 0.15) is 35.6 Å². The van der Waals surface area contributed by atoms with E-state index in [1.165, 1.54) is 0 Å². The van der Waals surface area contributed by atoms with E-state index < -0.39 is 18.3 Å². The van der Waals surface area contributed by atoms with Gasteiger partial charge in [-0.25, -0.2) is 4.79 Å². The Balaban J connectivity index is 1.24. The maximum absolute atomic E-state index is 12.5. The van der Waals surface area contributed by atoms with Crippen LogP contribution in [-0.2, 0) is 4.74 Å². The van der Waals surface area contributed by atoms with Crippen molar-refractivity contribution in [3.8, 4) is 16.9 Å². The van der Waals surface area contributed by atoms with E-state index in [-0.39, 0.29) is 19.1 Å². The van der Waals surface area contributed by atoms with Gasteiger partial charge in [0.05, 0.1) is 6.61 Å². The van der Waals surface area contributed by atoms with Gasteiger partial charge in [-0.2, -0.15) is 0 Å². The van der Waals surface area contributed by atoms with Crippen LogP contribution in [-0.4, -0.2) is 42.2 Å². The first kappa shape index (κ1) is 23.9. The highest BCUT2D eigenvalue weighted by Gasteiger charge is 2.29. The summed E-state index contributed by atoms with van der Waals surface area (Å²) in [5, 5.41) is 26.0. The molecule has 1 amide bonds. The highest BCUT2D eigenvalue weighted by Crippen LogP contribution is 2.44. The summed E-state index contributed by atoms with van der Waals surface area (Å²) in [7, 11) is 0. The van der Waals surface area contributed by atoms with Crippen molar-refractivity contribution in [1.82, 2.24) is 5.32 Å². The van der Waals surface area contributed by atoms with Gasteiger partial charge in [-0.05, 0) is 46.0 Å². The van der Waals surface area contributed by atoms with Gasteiger partial charge >= 0.3 is 6.09 Å². The number of fused-ring (bicyclic) bond motifs is 4. The summed E-state index contributed by atoms with van der Waals surface area (Å²) < 4.78 is 11.3. The molecule has 1 aliphatic carbocycles. The summed E-state index contributed by atoms with van der Waals surface area (Å²) in [5.41, 5.74) is 5.06. The van der Waals surface area contributed by atoms with Crippen molar-refractivity contribution in [3.05, 3.63) is 102 Å². The lowest BCUT2D eigenvalue weighted by Gasteiger charge is -2.23. The zero-order valence-electron chi connectivity index (χ0n) is 20.1. The van der Waals surface area contributed by atoms with Gasteiger partial charge < -0.3 is 25.0 Å². The molecule has 36 heavy (non-hydrogen) atoms. The van der Waals surface area contributed by atoms with Crippen LogP contribution in [0.4, 0.5) is 4.79 Å². The number of hydrogen-bond donors (Lipinski definition) is 3. The maximum atomic E-state index is 12.5. The van der Waals surface area contributed by atoms with E-state index in [4.69, 9.17) is 9.47 Å². The standard InChI is InChI=1S/C30H29NO5/c1-2-35-27-16-15-19-9-3-4-10-20(19)28(27)29(33)26(32)17-31-30(34)36-18-25-23-13-7-5-11-21(23)22-12-6-8-14-24(22)25/h3-16,25-26,29,32-33H,2,17-18H2,1H3,(H,31,34). The van der Waals surface area contributed by atoms with Crippen LogP contribution < -0.4 is 10.1 Å². The van der Waals surface area contributed by atoms with Crippen molar-refractivity contribution >= 4 is 16.9 Å². The third-order valence-corrected chi connectivity index (χ3v) is 6.69. The van der Waals surface area contributed by atoms with Crippen LogP contribution >= 0.6 is 0 Å². The Kier molecular flexibility index (Phi) is 6.89. The average Bonchev–Trinajstić information content (AvgIpc) is 3.24. The molecule has 4 aromatic rings. The Morgan fingerprint density at radius 3 is 2.22 bits per heavy atom. The molecule has 0 spiro atoms. The largest absolute Gasteiger partial charge is 0.493 e. The highest BCUT2D eigenvalue weighted by atomic mass is 16.5. The van der Waals surface area contributed by atoms with Crippen molar-refractivity contribution in [3.63, 3.8) is 0 Å². The van der Waals surface area contributed by atoms with Gasteiger partial charge in [0.1, 0.15) is 24.6 Å². The van der Waals surface area contributed by atoms with E-state index in [1.807, 2.05) is 61.5 Å². The van der Waals surface area contributed by atoms with Gasteiger partial charge in [-0.3, -0.25) is 0 Å². The van der Waals surface area contributed by atoms with Crippen molar-refractivity contribution in [1.29, 1.82) is 0 Å². The molecule has 0 aliphatic heterocycles. The van der Waals surface area contributed by atoms with Gasteiger partial charge in [0, 0.05) is 18.0 Å². The van der Waals surface area contributed by atoms with Gasteiger partial charge in [0.15, 0.2) is 0 Å². The number of benzene rings is 4. The van der Waals surface area contributed by atoms with E-state index in [0.29, 0.717) is 17.9 Å². The zero-order valence-corrected chi connectivity index (χ0v) is 20.1.